The summed E-state index contributed by atoms with van der Waals surface area (Å²) < 4.78 is 13.0. The van der Waals surface area contributed by atoms with Crippen LogP contribution in [-0.4, -0.2) is 50.2 Å². The van der Waals surface area contributed by atoms with Crippen molar-refractivity contribution in [1.82, 2.24) is 10.2 Å². The van der Waals surface area contributed by atoms with Gasteiger partial charge in [-0.3, -0.25) is 4.90 Å². The lowest BCUT2D eigenvalue weighted by Crippen LogP contribution is -2.52. The lowest BCUT2D eigenvalue weighted by molar-refractivity contribution is 0.198. The Morgan fingerprint density at radius 3 is 2.52 bits per heavy atom. The third-order valence-electron chi connectivity index (χ3n) is 4.80. The average molecular weight is 291 g/mol. The molecule has 3 nitrogen and oxygen atoms in total. The number of piperidine rings is 1. The fourth-order valence-electron chi connectivity index (χ4n) is 3.51. The minimum atomic E-state index is -0.158. The maximum Gasteiger partial charge on any atom is 0.123 e. The van der Waals surface area contributed by atoms with Crippen LogP contribution in [0.4, 0.5) is 10.1 Å². The number of hydrogen-bond acceptors (Lipinski definition) is 3. The fraction of sp³-hybridized carbons (Fsp3) is 0.647. The summed E-state index contributed by atoms with van der Waals surface area (Å²) >= 11 is 0. The van der Waals surface area contributed by atoms with Gasteiger partial charge in [-0.2, -0.15) is 0 Å². The fourth-order valence-corrected chi connectivity index (χ4v) is 3.51. The summed E-state index contributed by atoms with van der Waals surface area (Å²) in [6, 6.07) is 7.53. The Kier molecular flexibility index (Phi) is 4.76. The molecule has 1 aromatic carbocycles. The van der Waals surface area contributed by atoms with E-state index in [4.69, 9.17) is 0 Å². The molecule has 2 fully saturated rings. The third kappa shape index (κ3) is 3.95. The molecule has 21 heavy (non-hydrogen) atoms. The van der Waals surface area contributed by atoms with E-state index >= 15 is 0 Å². The van der Waals surface area contributed by atoms with E-state index in [0.29, 0.717) is 6.04 Å². The Morgan fingerprint density at radius 2 is 1.86 bits per heavy atom. The van der Waals surface area contributed by atoms with E-state index in [2.05, 4.69) is 22.0 Å². The first kappa shape index (κ1) is 14.8. The van der Waals surface area contributed by atoms with Crippen molar-refractivity contribution < 1.29 is 4.39 Å². The van der Waals surface area contributed by atoms with Crippen LogP contribution < -0.4 is 10.2 Å². The van der Waals surface area contributed by atoms with Crippen molar-refractivity contribution in [2.45, 2.75) is 25.8 Å². The Bertz CT molecular complexity index is 440. The zero-order valence-corrected chi connectivity index (χ0v) is 12.9. The Balaban J connectivity index is 1.47. The SMILES string of the molecule is CC1CCNC(CN2CCN(c3ccc(F)cc3)CC2)C1. The Morgan fingerprint density at radius 1 is 1.14 bits per heavy atom. The van der Waals surface area contributed by atoms with Crippen LogP contribution in [0.2, 0.25) is 0 Å². The van der Waals surface area contributed by atoms with Crippen molar-refractivity contribution in [2.24, 2.45) is 5.92 Å². The zero-order chi connectivity index (χ0) is 14.7. The van der Waals surface area contributed by atoms with Gasteiger partial charge in [0, 0.05) is 44.5 Å². The molecule has 2 saturated heterocycles. The summed E-state index contributed by atoms with van der Waals surface area (Å²) in [5.74, 6) is 0.701. The molecule has 0 saturated carbocycles. The summed E-state index contributed by atoms with van der Waals surface area (Å²) in [7, 11) is 0. The first-order valence-electron chi connectivity index (χ1n) is 8.17. The molecule has 0 bridgehead atoms. The molecular formula is C17H26FN3. The van der Waals surface area contributed by atoms with Gasteiger partial charge in [0.1, 0.15) is 5.82 Å². The van der Waals surface area contributed by atoms with Crippen LogP contribution in [0.5, 0.6) is 0 Å². The first-order valence-corrected chi connectivity index (χ1v) is 8.17. The molecule has 2 atom stereocenters. The van der Waals surface area contributed by atoms with E-state index in [-0.39, 0.29) is 5.82 Å². The van der Waals surface area contributed by atoms with Gasteiger partial charge >= 0.3 is 0 Å². The van der Waals surface area contributed by atoms with Crippen LogP contribution >= 0.6 is 0 Å². The predicted molar refractivity (Wildman–Crippen MR) is 85.2 cm³/mol. The minimum absolute atomic E-state index is 0.158. The number of piperazine rings is 1. The van der Waals surface area contributed by atoms with E-state index in [1.54, 1.807) is 12.1 Å². The second kappa shape index (κ2) is 6.75. The predicted octanol–water partition coefficient (Wildman–Crippen LogP) is 2.34. The van der Waals surface area contributed by atoms with Gasteiger partial charge in [0.25, 0.3) is 0 Å². The molecule has 116 valence electrons. The summed E-state index contributed by atoms with van der Waals surface area (Å²) in [5.41, 5.74) is 1.14. The number of nitrogens with one attached hydrogen (secondary N) is 1. The second-order valence-corrected chi connectivity index (χ2v) is 6.54. The maximum absolute atomic E-state index is 13.0. The number of halogens is 1. The molecule has 3 rings (SSSR count). The van der Waals surface area contributed by atoms with Gasteiger partial charge < -0.3 is 10.2 Å². The monoisotopic (exact) mass is 291 g/mol. The summed E-state index contributed by atoms with van der Waals surface area (Å²) in [6.45, 7) is 8.97. The van der Waals surface area contributed by atoms with Crippen LogP contribution in [0.3, 0.4) is 0 Å². The van der Waals surface area contributed by atoms with E-state index in [1.807, 2.05) is 12.1 Å². The molecule has 0 spiro atoms. The van der Waals surface area contributed by atoms with Crippen molar-refractivity contribution >= 4 is 5.69 Å². The third-order valence-corrected chi connectivity index (χ3v) is 4.80. The van der Waals surface area contributed by atoms with Gasteiger partial charge in [-0.25, -0.2) is 4.39 Å². The molecular weight excluding hydrogens is 265 g/mol. The van der Waals surface area contributed by atoms with Gasteiger partial charge in [-0.15, -0.1) is 0 Å². The molecule has 2 heterocycles. The van der Waals surface area contributed by atoms with E-state index in [0.717, 1.165) is 37.8 Å². The van der Waals surface area contributed by atoms with E-state index < -0.39 is 0 Å². The van der Waals surface area contributed by atoms with Gasteiger partial charge in [-0.05, 0) is 49.6 Å². The van der Waals surface area contributed by atoms with E-state index in [1.165, 1.54) is 25.9 Å². The largest absolute Gasteiger partial charge is 0.369 e. The van der Waals surface area contributed by atoms with Crippen molar-refractivity contribution in [3.05, 3.63) is 30.1 Å². The van der Waals surface area contributed by atoms with Crippen LogP contribution in [-0.2, 0) is 0 Å². The smallest absolute Gasteiger partial charge is 0.123 e. The number of benzene rings is 1. The molecule has 2 aliphatic rings. The van der Waals surface area contributed by atoms with Gasteiger partial charge in [0.05, 0.1) is 0 Å². The summed E-state index contributed by atoms with van der Waals surface area (Å²) in [4.78, 5) is 4.92. The highest BCUT2D eigenvalue weighted by molar-refractivity contribution is 5.46. The number of rotatable bonds is 3. The molecule has 0 amide bonds. The van der Waals surface area contributed by atoms with Crippen molar-refractivity contribution in [1.29, 1.82) is 0 Å². The average Bonchev–Trinajstić information content (AvgIpc) is 2.49. The summed E-state index contributed by atoms with van der Waals surface area (Å²) in [5, 5.41) is 3.65. The maximum atomic E-state index is 13.0. The molecule has 1 aromatic rings. The van der Waals surface area contributed by atoms with Gasteiger partial charge in [-0.1, -0.05) is 6.92 Å². The molecule has 4 heteroatoms. The number of nitrogens with zero attached hydrogens (tertiary/aromatic N) is 2. The standard InChI is InChI=1S/C17H26FN3/c1-14-6-7-19-16(12-14)13-20-8-10-21(11-9-20)17-4-2-15(18)3-5-17/h2-5,14,16,19H,6-13H2,1H3. The first-order chi connectivity index (χ1) is 10.2. The zero-order valence-electron chi connectivity index (χ0n) is 12.9. The molecule has 1 N–H and O–H groups in total. The number of hydrogen-bond donors (Lipinski definition) is 1. The molecule has 2 aliphatic heterocycles. The van der Waals surface area contributed by atoms with Crippen molar-refractivity contribution in [3.63, 3.8) is 0 Å². The highest BCUT2D eigenvalue weighted by Crippen LogP contribution is 2.19. The van der Waals surface area contributed by atoms with Crippen LogP contribution in [0.15, 0.2) is 24.3 Å². The van der Waals surface area contributed by atoms with Gasteiger partial charge in [0.2, 0.25) is 0 Å². The highest BCUT2D eigenvalue weighted by Gasteiger charge is 2.23. The normalized spacial score (nSPS) is 27.8. The Labute approximate surface area is 127 Å². The molecule has 0 aromatic heterocycles. The van der Waals surface area contributed by atoms with Gasteiger partial charge in [0.15, 0.2) is 0 Å². The minimum Gasteiger partial charge on any atom is -0.369 e. The summed E-state index contributed by atoms with van der Waals surface area (Å²) in [6.07, 6.45) is 2.62. The number of anilines is 1. The van der Waals surface area contributed by atoms with Crippen LogP contribution in [0.25, 0.3) is 0 Å². The molecule has 0 radical (unpaired) electrons. The Hall–Kier alpha value is -1.13. The topological polar surface area (TPSA) is 18.5 Å². The molecule has 2 unspecified atom stereocenters. The lowest BCUT2D eigenvalue weighted by atomic mass is 9.94. The highest BCUT2D eigenvalue weighted by atomic mass is 19.1. The second-order valence-electron chi connectivity index (χ2n) is 6.54. The van der Waals surface area contributed by atoms with Crippen LogP contribution in [0.1, 0.15) is 19.8 Å². The van der Waals surface area contributed by atoms with Crippen molar-refractivity contribution in [2.75, 3.05) is 44.2 Å². The van der Waals surface area contributed by atoms with Crippen LogP contribution in [0, 0.1) is 11.7 Å². The molecule has 0 aliphatic carbocycles. The van der Waals surface area contributed by atoms with Crippen molar-refractivity contribution in [3.8, 4) is 0 Å². The quantitative estimate of drug-likeness (QED) is 0.922. The lowest BCUT2D eigenvalue weighted by Gasteiger charge is -2.39. The van der Waals surface area contributed by atoms with E-state index in [9.17, 15) is 4.39 Å².